The summed E-state index contributed by atoms with van der Waals surface area (Å²) < 4.78 is 14.7. The van der Waals surface area contributed by atoms with Gasteiger partial charge in [0.1, 0.15) is 5.75 Å². The number of halogens is 1. The van der Waals surface area contributed by atoms with Gasteiger partial charge in [-0.15, -0.1) is 0 Å². The molecule has 0 saturated carbocycles. The van der Waals surface area contributed by atoms with E-state index in [0.29, 0.717) is 10.8 Å². The molecule has 1 atom stereocenters. The number of rotatable bonds is 2. The van der Waals surface area contributed by atoms with Gasteiger partial charge in [0.05, 0.1) is 0 Å². The molecule has 1 aromatic rings. The lowest BCUT2D eigenvalue weighted by Gasteiger charge is -1.99. The Hall–Kier alpha value is -0.500. The molecule has 0 aliphatic carbocycles. The molecule has 0 saturated heterocycles. The van der Waals surface area contributed by atoms with Crippen LogP contribution in [0.3, 0.4) is 0 Å². The van der Waals surface area contributed by atoms with E-state index in [1.807, 2.05) is 0 Å². The lowest BCUT2D eigenvalue weighted by atomic mass is 10.3. The Kier molecular flexibility index (Phi) is 2.94. The fraction of sp³-hybridized carbons (Fsp3) is 0. The van der Waals surface area contributed by atoms with Crippen molar-refractivity contribution < 1.29 is 14.0 Å². The molecule has 0 aliphatic rings. The van der Waals surface area contributed by atoms with Gasteiger partial charge >= 0.3 is 8.25 Å². The van der Waals surface area contributed by atoms with Gasteiger partial charge in [-0.2, -0.15) is 0 Å². The van der Waals surface area contributed by atoms with Gasteiger partial charge in [-0.3, -0.25) is 0 Å². The topological polar surface area (TPSA) is 46.5 Å². The van der Waals surface area contributed by atoms with Crippen molar-refractivity contribution in [3.05, 3.63) is 29.3 Å². The minimum atomic E-state index is -2.91. The van der Waals surface area contributed by atoms with Crippen LogP contribution in [0.1, 0.15) is 0 Å². The molecular weight excluding hydrogens is 186 g/mol. The summed E-state index contributed by atoms with van der Waals surface area (Å²) in [5, 5.41) is 0.478. The molecule has 1 unspecified atom stereocenters. The van der Waals surface area contributed by atoms with E-state index in [4.69, 9.17) is 16.5 Å². The monoisotopic (exact) mass is 192 g/mol. The summed E-state index contributed by atoms with van der Waals surface area (Å²) in [5.74, 6) is 0.309. The lowest BCUT2D eigenvalue weighted by molar-refractivity contribution is 0.410. The molecule has 0 fully saturated rings. The summed E-state index contributed by atoms with van der Waals surface area (Å²) in [5.41, 5.74) is 0. The Morgan fingerprint density at radius 2 is 2.27 bits per heavy atom. The van der Waals surface area contributed by atoms with E-state index in [1.54, 1.807) is 18.2 Å². The van der Waals surface area contributed by atoms with E-state index < -0.39 is 8.25 Å². The smallest absolute Gasteiger partial charge is 0.365 e. The second-order valence-electron chi connectivity index (χ2n) is 1.83. The highest BCUT2D eigenvalue weighted by atomic mass is 35.5. The van der Waals surface area contributed by atoms with Gasteiger partial charge < -0.3 is 9.42 Å². The molecule has 0 amide bonds. The van der Waals surface area contributed by atoms with Crippen molar-refractivity contribution in [1.82, 2.24) is 0 Å². The number of benzene rings is 1. The van der Waals surface area contributed by atoms with Crippen LogP contribution in [-0.2, 0) is 4.57 Å². The first kappa shape index (κ1) is 8.60. The molecule has 0 radical (unpaired) electrons. The molecule has 0 bridgehead atoms. The summed E-state index contributed by atoms with van der Waals surface area (Å²) in [6.45, 7) is 0. The summed E-state index contributed by atoms with van der Waals surface area (Å²) in [6.07, 6.45) is 0. The average Bonchev–Trinajstić information content (AvgIpc) is 1.85. The summed E-state index contributed by atoms with van der Waals surface area (Å²) >= 11 is 5.58. The summed E-state index contributed by atoms with van der Waals surface area (Å²) in [6, 6.07) is 6.33. The van der Waals surface area contributed by atoms with Crippen LogP contribution in [0.5, 0.6) is 5.75 Å². The molecule has 5 heteroatoms. The fourth-order valence-corrected chi connectivity index (χ4v) is 1.14. The van der Waals surface area contributed by atoms with Gasteiger partial charge in [0.25, 0.3) is 0 Å². The van der Waals surface area contributed by atoms with Crippen molar-refractivity contribution in [2.45, 2.75) is 0 Å². The van der Waals surface area contributed by atoms with Crippen molar-refractivity contribution in [2.75, 3.05) is 0 Å². The molecule has 1 aromatic carbocycles. The third kappa shape index (κ3) is 2.93. The Balaban J connectivity index is 2.79. The van der Waals surface area contributed by atoms with E-state index in [9.17, 15) is 4.57 Å². The van der Waals surface area contributed by atoms with E-state index >= 15 is 0 Å². The molecule has 0 aliphatic heterocycles. The van der Waals surface area contributed by atoms with Gasteiger partial charge in [-0.05, 0) is 18.2 Å². The number of hydrogen-bond acceptors (Lipinski definition) is 2. The van der Waals surface area contributed by atoms with Crippen molar-refractivity contribution in [3.63, 3.8) is 0 Å². The lowest BCUT2D eigenvalue weighted by Crippen LogP contribution is -1.78. The third-order valence-corrected chi connectivity index (χ3v) is 1.65. The molecule has 11 heavy (non-hydrogen) atoms. The van der Waals surface area contributed by atoms with E-state index in [-0.39, 0.29) is 0 Å². The first-order chi connectivity index (χ1) is 5.18. The highest BCUT2D eigenvalue weighted by molar-refractivity contribution is 7.32. The van der Waals surface area contributed by atoms with Crippen LogP contribution in [-0.4, -0.2) is 4.89 Å². The maximum absolute atomic E-state index is 10.2. The van der Waals surface area contributed by atoms with E-state index in [2.05, 4.69) is 4.52 Å². The van der Waals surface area contributed by atoms with Gasteiger partial charge in [0.2, 0.25) is 0 Å². The maximum Gasteiger partial charge on any atom is 0.365 e. The predicted octanol–water partition coefficient (Wildman–Crippen LogP) is 2.10. The molecule has 1 N–H and O–H groups in total. The molecule has 60 valence electrons. The summed E-state index contributed by atoms with van der Waals surface area (Å²) in [7, 11) is -2.91. The highest BCUT2D eigenvalue weighted by Gasteiger charge is 1.96. The zero-order valence-electron chi connectivity index (χ0n) is 5.45. The Morgan fingerprint density at radius 3 is 2.82 bits per heavy atom. The van der Waals surface area contributed by atoms with E-state index in [0.717, 1.165) is 0 Å². The standard InChI is InChI=1S/C6H6ClO3P/c7-5-2-1-3-6(4-5)10-11(8)9/h1-4,11H,(H,8,9). The summed E-state index contributed by atoms with van der Waals surface area (Å²) in [4.78, 5) is 8.38. The average molecular weight is 193 g/mol. The van der Waals surface area contributed by atoms with Crippen molar-refractivity contribution in [1.29, 1.82) is 0 Å². The minimum absolute atomic E-state index is 0.309. The normalized spacial score (nSPS) is 12.5. The molecule has 0 heterocycles. The van der Waals surface area contributed by atoms with Crippen LogP contribution in [0.15, 0.2) is 24.3 Å². The zero-order chi connectivity index (χ0) is 8.27. The maximum atomic E-state index is 10.2. The fourth-order valence-electron chi connectivity index (χ4n) is 0.631. The molecule has 0 aromatic heterocycles. The van der Waals surface area contributed by atoms with Crippen LogP contribution in [0.25, 0.3) is 0 Å². The predicted molar refractivity (Wildman–Crippen MR) is 43.3 cm³/mol. The molecule has 1 rings (SSSR count). The van der Waals surface area contributed by atoms with Gasteiger partial charge in [-0.25, -0.2) is 4.57 Å². The third-order valence-electron chi connectivity index (χ3n) is 1.00. The first-order valence-electron chi connectivity index (χ1n) is 2.85. The SMILES string of the molecule is O=[PH](O)Oc1cccc(Cl)c1. The van der Waals surface area contributed by atoms with Crippen LogP contribution >= 0.6 is 19.9 Å². The van der Waals surface area contributed by atoms with Crippen molar-refractivity contribution >= 4 is 19.9 Å². The van der Waals surface area contributed by atoms with Gasteiger partial charge in [0, 0.05) is 5.02 Å². The van der Waals surface area contributed by atoms with Crippen molar-refractivity contribution in [3.8, 4) is 5.75 Å². The second-order valence-corrected chi connectivity index (χ2v) is 3.00. The van der Waals surface area contributed by atoms with Gasteiger partial charge in [0.15, 0.2) is 0 Å². The molecule has 0 spiro atoms. The largest absolute Gasteiger partial charge is 0.426 e. The van der Waals surface area contributed by atoms with E-state index in [1.165, 1.54) is 6.07 Å². The van der Waals surface area contributed by atoms with Crippen LogP contribution < -0.4 is 4.52 Å². The quantitative estimate of drug-likeness (QED) is 0.730. The number of hydrogen-bond donors (Lipinski definition) is 1. The minimum Gasteiger partial charge on any atom is -0.426 e. The Bertz CT molecular complexity index is 276. The van der Waals surface area contributed by atoms with Crippen LogP contribution in [0.4, 0.5) is 0 Å². The second kappa shape index (κ2) is 3.77. The Morgan fingerprint density at radius 1 is 1.55 bits per heavy atom. The Labute approximate surface area is 69.5 Å². The van der Waals surface area contributed by atoms with Crippen LogP contribution in [0.2, 0.25) is 5.02 Å². The van der Waals surface area contributed by atoms with Crippen molar-refractivity contribution in [2.24, 2.45) is 0 Å². The van der Waals surface area contributed by atoms with Crippen LogP contribution in [0, 0.1) is 0 Å². The molecule has 3 nitrogen and oxygen atoms in total. The first-order valence-corrected chi connectivity index (χ1v) is 4.49. The molecular formula is C6H6ClO3P. The van der Waals surface area contributed by atoms with Gasteiger partial charge in [-0.1, -0.05) is 17.7 Å². The zero-order valence-corrected chi connectivity index (χ0v) is 7.21. The highest BCUT2D eigenvalue weighted by Crippen LogP contribution is 2.24.